The van der Waals surface area contributed by atoms with E-state index in [0.29, 0.717) is 0 Å². The third-order valence-electron chi connectivity index (χ3n) is 4.26. The van der Waals surface area contributed by atoms with E-state index in [1.807, 2.05) is 6.08 Å². The second-order valence-corrected chi connectivity index (χ2v) is 6.83. The van der Waals surface area contributed by atoms with Crippen LogP contribution >= 0.6 is 0 Å². The maximum Gasteiger partial charge on any atom is -0.00248 e. The smallest absolute Gasteiger partial charge is 0.00248 e. The first kappa shape index (κ1) is 20.7. The van der Waals surface area contributed by atoms with Crippen molar-refractivity contribution in [3.8, 4) is 0 Å². The molecule has 0 unspecified atom stereocenters. The minimum absolute atomic E-state index is 1.20. The highest BCUT2D eigenvalue weighted by Gasteiger charge is 1.95. The molecular weight excluding hydrogens is 254 g/mol. The van der Waals surface area contributed by atoms with Gasteiger partial charge >= 0.3 is 0 Å². The second-order valence-electron chi connectivity index (χ2n) is 6.83. The Balaban J connectivity index is 2.95. The fourth-order valence-electron chi connectivity index (χ4n) is 2.84. The molecule has 0 atom stereocenters. The van der Waals surface area contributed by atoms with Crippen LogP contribution in [0.4, 0.5) is 0 Å². The number of hydrogen-bond acceptors (Lipinski definition) is 1. The Bertz CT molecular complexity index is 198. The molecule has 0 rings (SSSR count). The molecule has 21 heavy (non-hydrogen) atoms. The maximum absolute atomic E-state index is 3.77. The van der Waals surface area contributed by atoms with Gasteiger partial charge in [0.05, 0.1) is 0 Å². The van der Waals surface area contributed by atoms with Crippen LogP contribution in [-0.4, -0.2) is 25.5 Å². The van der Waals surface area contributed by atoms with Gasteiger partial charge < -0.3 is 4.90 Å². The largest absolute Gasteiger partial charge is 0.309 e. The Labute approximate surface area is 135 Å². The highest BCUT2D eigenvalue weighted by molar-refractivity contribution is 4.65. The van der Waals surface area contributed by atoms with Crippen molar-refractivity contribution >= 4 is 0 Å². The van der Waals surface area contributed by atoms with Gasteiger partial charge in [-0.25, -0.2) is 0 Å². The lowest BCUT2D eigenvalue weighted by Gasteiger charge is -2.08. The average molecular weight is 296 g/mol. The number of nitrogens with zero attached hydrogens (tertiary/aromatic N) is 1. The van der Waals surface area contributed by atoms with Gasteiger partial charge in [0, 0.05) is 0 Å². The van der Waals surface area contributed by atoms with Crippen molar-refractivity contribution in [3.05, 3.63) is 12.7 Å². The molecule has 0 aliphatic heterocycles. The summed E-state index contributed by atoms with van der Waals surface area (Å²) >= 11 is 0. The van der Waals surface area contributed by atoms with Crippen molar-refractivity contribution in [1.29, 1.82) is 0 Å². The van der Waals surface area contributed by atoms with Crippen LogP contribution < -0.4 is 0 Å². The fourth-order valence-corrected chi connectivity index (χ4v) is 2.84. The van der Waals surface area contributed by atoms with Gasteiger partial charge in [-0.15, -0.1) is 6.58 Å². The molecule has 0 aromatic heterocycles. The van der Waals surface area contributed by atoms with E-state index in [0.717, 1.165) is 0 Å². The molecule has 0 radical (unpaired) electrons. The van der Waals surface area contributed by atoms with Crippen LogP contribution in [0, 0.1) is 0 Å². The van der Waals surface area contributed by atoms with Crippen molar-refractivity contribution < 1.29 is 0 Å². The van der Waals surface area contributed by atoms with Gasteiger partial charge in [0.2, 0.25) is 0 Å². The molecule has 1 nitrogen and oxygen atoms in total. The molecule has 0 saturated heterocycles. The fraction of sp³-hybridized carbons (Fsp3) is 0.900. The molecule has 0 aromatic rings. The minimum Gasteiger partial charge on any atom is -0.309 e. The predicted molar refractivity (Wildman–Crippen MR) is 98.0 cm³/mol. The van der Waals surface area contributed by atoms with Crippen LogP contribution in [0.3, 0.4) is 0 Å². The van der Waals surface area contributed by atoms with E-state index in [1.165, 1.54) is 103 Å². The lowest BCUT2D eigenvalue weighted by atomic mass is 10.0. The van der Waals surface area contributed by atoms with E-state index in [9.17, 15) is 0 Å². The van der Waals surface area contributed by atoms with Crippen molar-refractivity contribution in [2.45, 2.75) is 96.3 Å². The summed E-state index contributed by atoms with van der Waals surface area (Å²) in [6.07, 6.45) is 23.3. The van der Waals surface area contributed by atoms with E-state index in [2.05, 4.69) is 25.6 Å². The second kappa shape index (κ2) is 17.8. The zero-order valence-corrected chi connectivity index (χ0v) is 15.0. The molecule has 0 bridgehead atoms. The van der Waals surface area contributed by atoms with Crippen LogP contribution in [0.5, 0.6) is 0 Å². The highest BCUT2D eigenvalue weighted by atomic mass is 15.0. The first-order chi connectivity index (χ1) is 10.3. The Morgan fingerprint density at radius 3 is 1.24 bits per heavy atom. The van der Waals surface area contributed by atoms with Crippen LogP contribution in [-0.2, 0) is 0 Å². The zero-order valence-electron chi connectivity index (χ0n) is 15.0. The number of rotatable bonds is 17. The molecule has 0 aliphatic rings. The topological polar surface area (TPSA) is 3.24 Å². The number of unbranched alkanes of at least 4 members (excludes halogenated alkanes) is 14. The van der Waals surface area contributed by atoms with Crippen LogP contribution in [0.15, 0.2) is 12.7 Å². The summed E-state index contributed by atoms with van der Waals surface area (Å²) < 4.78 is 0. The summed E-state index contributed by atoms with van der Waals surface area (Å²) in [5, 5.41) is 0. The Morgan fingerprint density at radius 2 is 0.905 bits per heavy atom. The molecule has 0 fully saturated rings. The van der Waals surface area contributed by atoms with Crippen molar-refractivity contribution in [2.75, 3.05) is 20.6 Å². The van der Waals surface area contributed by atoms with Gasteiger partial charge in [-0.1, -0.05) is 83.1 Å². The van der Waals surface area contributed by atoms with Crippen molar-refractivity contribution in [2.24, 2.45) is 0 Å². The SMILES string of the molecule is C=CCCCCCCCCCCCCCCCCN(C)C. The van der Waals surface area contributed by atoms with Gasteiger partial charge in [0.15, 0.2) is 0 Å². The molecule has 0 heterocycles. The molecule has 0 N–H and O–H groups in total. The summed E-state index contributed by atoms with van der Waals surface area (Å²) in [6, 6.07) is 0. The lowest BCUT2D eigenvalue weighted by Crippen LogP contribution is -2.12. The molecule has 0 saturated carbocycles. The molecule has 0 aliphatic carbocycles. The van der Waals surface area contributed by atoms with Crippen LogP contribution in [0.25, 0.3) is 0 Å². The quantitative estimate of drug-likeness (QED) is 0.216. The maximum atomic E-state index is 3.77. The van der Waals surface area contributed by atoms with E-state index in [-0.39, 0.29) is 0 Å². The highest BCUT2D eigenvalue weighted by Crippen LogP contribution is 2.13. The van der Waals surface area contributed by atoms with Gasteiger partial charge in [-0.05, 0) is 39.9 Å². The summed E-state index contributed by atoms with van der Waals surface area (Å²) in [5.74, 6) is 0. The van der Waals surface area contributed by atoms with E-state index >= 15 is 0 Å². The van der Waals surface area contributed by atoms with E-state index in [1.54, 1.807) is 0 Å². The molecule has 0 aromatic carbocycles. The zero-order chi connectivity index (χ0) is 15.6. The predicted octanol–water partition coefficient (Wildman–Crippen LogP) is 6.59. The van der Waals surface area contributed by atoms with Crippen LogP contribution in [0.2, 0.25) is 0 Å². The van der Waals surface area contributed by atoms with E-state index < -0.39 is 0 Å². The standard InChI is InChI=1S/C20H41N/c1-4-5-6-7-8-9-10-11-12-13-14-15-16-17-18-19-20-21(2)3/h4H,1,5-20H2,2-3H3. The molecule has 126 valence electrons. The lowest BCUT2D eigenvalue weighted by molar-refractivity contribution is 0.389. The van der Waals surface area contributed by atoms with Crippen molar-refractivity contribution in [3.63, 3.8) is 0 Å². The molecule has 0 spiro atoms. The van der Waals surface area contributed by atoms with Gasteiger partial charge in [0.1, 0.15) is 0 Å². The Kier molecular flexibility index (Phi) is 17.5. The molecular formula is C20H41N. The first-order valence-electron chi connectivity index (χ1n) is 9.53. The summed E-state index contributed by atoms with van der Waals surface area (Å²) in [7, 11) is 4.34. The van der Waals surface area contributed by atoms with Crippen molar-refractivity contribution in [1.82, 2.24) is 4.90 Å². The van der Waals surface area contributed by atoms with Gasteiger partial charge in [-0.2, -0.15) is 0 Å². The van der Waals surface area contributed by atoms with Crippen LogP contribution in [0.1, 0.15) is 96.3 Å². The van der Waals surface area contributed by atoms with E-state index in [4.69, 9.17) is 0 Å². The van der Waals surface area contributed by atoms with Gasteiger partial charge in [-0.3, -0.25) is 0 Å². The average Bonchev–Trinajstić information content (AvgIpc) is 2.46. The Morgan fingerprint density at radius 1 is 0.571 bits per heavy atom. The molecule has 0 amide bonds. The third kappa shape index (κ3) is 19.7. The number of allylic oxidation sites excluding steroid dienone is 1. The summed E-state index contributed by atoms with van der Waals surface area (Å²) in [5.41, 5.74) is 0. The third-order valence-corrected chi connectivity index (χ3v) is 4.26. The summed E-state index contributed by atoms with van der Waals surface area (Å²) in [6.45, 7) is 5.03. The summed E-state index contributed by atoms with van der Waals surface area (Å²) in [4.78, 5) is 2.29. The minimum atomic E-state index is 1.20. The Hall–Kier alpha value is -0.300. The first-order valence-corrected chi connectivity index (χ1v) is 9.53. The number of hydrogen-bond donors (Lipinski definition) is 0. The monoisotopic (exact) mass is 295 g/mol. The molecule has 1 heteroatoms. The van der Waals surface area contributed by atoms with Gasteiger partial charge in [0.25, 0.3) is 0 Å². The normalized spacial score (nSPS) is 11.2.